The Balaban J connectivity index is 3.61. The van der Waals surface area contributed by atoms with Crippen molar-refractivity contribution in [3.8, 4) is 0 Å². The van der Waals surface area contributed by atoms with Gasteiger partial charge in [0.05, 0.1) is 6.67 Å². The summed E-state index contributed by atoms with van der Waals surface area (Å²) in [7, 11) is 3.60. The second-order valence-electron chi connectivity index (χ2n) is 3.38. The van der Waals surface area contributed by atoms with E-state index in [0.29, 0.717) is 6.67 Å². The van der Waals surface area contributed by atoms with Crippen LogP contribution >= 0.6 is 0 Å². The van der Waals surface area contributed by atoms with E-state index in [2.05, 4.69) is 0 Å². The zero-order valence-electron chi connectivity index (χ0n) is 9.65. The molecular weight excluding hydrogens is 200 g/mol. The van der Waals surface area contributed by atoms with E-state index in [9.17, 15) is 9.59 Å². The summed E-state index contributed by atoms with van der Waals surface area (Å²) in [4.78, 5) is 24.6. The Morgan fingerprint density at radius 2 is 1.27 bits per heavy atom. The summed E-state index contributed by atoms with van der Waals surface area (Å²) in [6.45, 7) is 3.70. The Bertz CT molecular complexity index is 198. The molecule has 0 aliphatic heterocycles. The third-order valence-electron chi connectivity index (χ3n) is 1.46. The summed E-state index contributed by atoms with van der Waals surface area (Å²) in [5.74, 6) is -0.631. The van der Waals surface area contributed by atoms with Crippen LogP contribution in [0.25, 0.3) is 0 Å². The minimum Gasteiger partial charge on any atom is -0.450 e. The number of ether oxygens (including phenoxy) is 2. The monoisotopic (exact) mass is 218 g/mol. The second kappa shape index (κ2) is 7.19. The fraction of sp³-hybridized carbons (Fsp3) is 0.778. The lowest BCUT2D eigenvalue weighted by Crippen LogP contribution is -2.36. The predicted molar refractivity (Wildman–Crippen MR) is 53.7 cm³/mol. The first-order chi connectivity index (χ1) is 6.91. The highest BCUT2D eigenvalue weighted by Gasteiger charge is 2.05. The maximum absolute atomic E-state index is 10.5. The molecule has 15 heavy (non-hydrogen) atoms. The Kier molecular flexibility index (Phi) is 6.64. The number of carbonyl (C=O) groups is 2. The zero-order chi connectivity index (χ0) is 11.8. The Morgan fingerprint density at radius 3 is 1.53 bits per heavy atom. The Labute approximate surface area is 89.7 Å². The molecule has 88 valence electrons. The van der Waals surface area contributed by atoms with E-state index in [-0.39, 0.29) is 25.4 Å². The van der Waals surface area contributed by atoms with Crippen molar-refractivity contribution in [3.63, 3.8) is 0 Å². The second-order valence-corrected chi connectivity index (χ2v) is 3.38. The van der Waals surface area contributed by atoms with Gasteiger partial charge in [0.1, 0.15) is 13.5 Å². The van der Waals surface area contributed by atoms with Crippen molar-refractivity contribution >= 4 is 11.9 Å². The summed E-state index contributed by atoms with van der Waals surface area (Å²) in [6, 6.07) is 0. The molecule has 0 amide bonds. The summed E-state index contributed by atoms with van der Waals surface area (Å²) in [5.41, 5.74) is 0. The SMILES string of the molecule is CC(=O)OCN(C)CN(C)COC(C)=O. The van der Waals surface area contributed by atoms with Gasteiger partial charge >= 0.3 is 11.9 Å². The highest BCUT2D eigenvalue weighted by Crippen LogP contribution is 1.90. The standard InChI is InChI=1S/C9H18N2O4/c1-8(12)14-6-10(3)5-11(4)7-15-9(2)13/h5-7H2,1-4H3. The van der Waals surface area contributed by atoms with Crippen LogP contribution in [-0.4, -0.2) is 56.0 Å². The first-order valence-electron chi connectivity index (χ1n) is 4.55. The third-order valence-corrected chi connectivity index (χ3v) is 1.46. The van der Waals surface area contributed by atoms with Crippen LogP contribution in [0.15, 0.2) is 0 Å². The van der Waals surface area contributed by atoms with Crippen LogP contribution in [0.1, 0.15) is 13.8 Å². The summed E-state index contributed by atoms with van der Waals surface area (Å²) in [5, 5.41) is 0. The zero-order valence-corrected chi connectivity index (χ0v) is 9.65. The fourth-order valence-electron chi connectivity index (χ4n) is 0.896. The normalized spacial score (nSPS) is 10.5. The van der Waals surface area contributed by atoms with Gasteiger partial charge in [-0.3, -0.25) is 19.4 Å². The quantitative estimate of drug-likeness (QED) is 0.456. The van der Waals surface area contributed by atoms with Crippen LogP contribution in [0.3, 0.4) is 0 Å². The molecule has 0 aromatic heterocycles. The maximum Gasteiger partial charge on any atom is 0.303 e. The molecule has 0 N–H and O–H groups in total. The van der Waals surface area contributed by atoms with Gasteiger partial charge in [0.2, 0.25) is 0 Å². The van der Waals surface area contributed by atoms with Gasteiger partial charge in [0.15, 0.2) is 0 Å². The molecule has 0 spiro atoms. The minimum absolute atomic E-state index is 0.222. The topological polar surface area (TPSA) is 59.1 Å². The van der Waals surface area contributed by atoms with E-state index in [0.717, 1.165) is 0 Å². The molecule has 0 radical (unpaired) electrons. The van der Waals surface area contributed by atoms with Gasteiger partial charge in [-0.1, -0.05) is 0 Å². The molecule has 0 bridgehead atoms. The van der Waals surface area contributed by atoms with E-state index in [4.69, 9.17) is 9.47 Å². The molecule has 0 unspecified atom stereocenters. The average Bonchev–Trinajstić information content (AvgIpc) is 2.11. The minimum atomic E-state index is -0.315. The number of esters is 2. The molecule has 0 rings (SSSR count). The molecule has 0 saturated carbocycles. The van der Waals surface area contributed by atoms with Gasteiger partial charge < -0.3 is 9.47 Å². The molecule has 6 heteroatoms. The van der Waals surface area contributed by atoms with Gasteiger partial charge in [-0.15, -0.1) is 0 Å². The number of nitrogens with zero attached hydrogens (tertiary/aromatic N) is 2. The van der Waals surface area contributed by atoms with Crippen molar-refractivity contribution in [2.24, 2.45) is 0 Å². The van der Waals surface area contributed by atoms with Crippen molar-refractivity contribution in [1.29, 1.82) is 0 Å². The van der Waals surface area contributed by atoms with E-state index >= 15 is 0 Å². The molecule has 0 aliphatic carbocycles. The lowest BCUT2D eigenvalue weighted by molar-refractivity contribution is -0.148. The van der Waals surface area contributed by atoms with Crippen LogP contribution < -0.4 is 0 Å². The Hall–Kier alpha value is -1.14. The molecule has 6 nitrogen and oxygen atoms in total. The van der Waals surface area contributed by atoms with Crippen molar-refractivity contribution in [3.05, 3.63) is 0 Å². The van der Waals surface area contributed by atoms with Crippen LogP contribution in [0.2, 0.25) is 0 Å². The predicted octanol–water partition coefficient (Wildman–Crippen LogP) is -0.151. The van der Waals surface area contributed by atoms with E-state index in [1.165, 1.54) is 13.8 Å². The molecular formula is C9H18N2O4. The van der Waals surface area contributed by atoms with Crippen molar-refractivity contribution in [2.75, 3.05) is 34.2 Å². The smallest absolute Gasteiger partial charge is 0.303 e. The number of carbonyl (C=O) groups excluding carboxylic acids is 2. The van der Waals surface area contributed by atoms with Gasteiger partial charge in [-0.05, 0) is 14.1 Å². The first kappa shape index (κ1) is 13.9. The number of hydrogen-bond donors (Lipinski definition) is 0. The lowest BCUT2D eigenvalue weighted by Gasteiger charge is -2.23. The summed E-state index contributed by atoms with van der Waals surface area (Å²) in [6.07, 6.45) is 0. The Morgan fingerprint density at radius 1 is 0.933 bits per heavy atom. The fourth-order valence-corrected chi connectivity index (χ4v) is 0.896. The van der Waals surface area contributed by atoms with Gasteiger partial charge in [0, 0.05) is 13.8 Å². The molecule has 0 fully saturated rings. The van der Waals surface area contributed by atoms with Crippen molar-refractivity contribution in [2.45, 2.75) is 13.8 Å². The molecule has 0 atom stereocenters. The molecule has 0 heterocycles. The van der Waals surface area contributed by atoms with Gasteiger partial charge in [-0.25, -0.2) is 0 Å². The molecule has 0 aromatic rings. The van der Waals surface area contributed by atoms with Gasteiger partial charge in [-0.2, -0.15) is 0 Å². The van der Waals surface area contributed by atoms with E-state index < -0.39 is 0 Å². The number of hydrogen-bond acceptors (Lipinski definition) is 6. The maximum atomic E-state index is 10.5. The van der Waals surface area contributed by atoms with Crippen LogP contribution in [0.5, 0.6) is 0 Å². The van der Waals surface area contributed by atoms with Crippen molar-refractivity contribution < 1.29 is 19.1 Å². The highest BCUT2D eigenvalue weighted by molar-refractivity contribution is 5.66. The third kappa shape index (κ3) is 9.17. The summed E-state index contributed by atoms with van der Waals surface area (Å²) < 4.78 is 9.57. The van der Waals surface area contributed by atoms with E-state index in [1.54, 1.807) is 23.9 Å². The van der Waals surface area contributed by atoms with Crippen molar-refractivity contribution in [1.82, 2.24) is 9.80 Å². The molecule has 0 aliphatic rings. The summed E-state index contributed by atoms with van der Waals surface area (Å²) >= 11 is 0. The highest BCUT2D eigenvalue weighted by atomic mass is 16.5. The van der Waals surface area contributed by atoms with Gasteiger partial charge in [0.25, 0.3) is 0 Å². The molecule has 0 saturated heterocycles. The first-order valence-corrected chi connectivity index (χ1v) is 4.55. The molecule has 0 aromatic carbocycles. The largest absolute Gasteiger partial charge is 0.450 e. The van der Waals surface area contributed by atoms with Crippen LogP contribution in [-0.2, 0) is 19.1 Å². The van der Waals surface area contributed by atoms with E-state index in [1.807, 2.05) is 0 Å². The van der Waals surface area contributed by atoms with Crippen LogP contribution in [0, 0.1) is 0 Å². The average molecular weight is 218 g/mol. The lowest BCUT2D eigenvalue weighted by atomic mass is 10.7. The van der Waals surface area contributed by atoms with Crippen LogP contribution in [0.4, 0.5) is 0 Å². The number of rotatable bonds is 6.